The number of nitrogens with zero attached hydrogens (tertiary/aromatic N) is 1. The van der Waals surface area contributed by atoms with Crippen LogP contribution in [0.25, 0.3) is 0 Å². The van der Waals surface area contributed by atoms with Crippen LogP contribution in [0.2, 0.25) is 5.02 Å². The number of rotatable bonds is 5. The van der Waals surface area contributed by atoms with E-state index < -0.39 is 10.8 Å². The highest BCUT2D eigenvalue weighted by Gasteiger charge is 2.19. The van der Waals surface area contributed by atoms with Gasteiger partial charge in [-0.3, -0.25) is 4.21 Å². The first-order valence-electron chi connectivity index (χ1n) is 7.03. The molecule has 1 heterocycles. The molecule has 0 radical (unpaired) electrons. The van der Waals surface area contributed by atoms with Crippen molar-refractivity contribution in [1.29, 1.82) is 0 Å². The van der Waals surface area contributed by atoms with Crippen LogP contribution in [0.3, 0.4) is 0 Å². The predicted octanol–water partition coefficient (Wildman–Crippen LogP) is 4.12. The van der Waals surface area contributed by atoms with Crippen LogP contribution in [-0.4, -0.2) is 15.4 Å². The zero-order valence-corrected chi connectivity index (χ0v) is 14.8. The van der Waals surface area contributed by atoms with Gasteiger partial charge in [0.2, 0.25) is 5.89 Å². The van der Waals surface area contributed by atoms with Gasteiger partial charge in [0.25, 0.3) is 0 Å². The molecular weight excluding hydrogens is 320 g/mol. The summed E-state index contributed by atoms with van der Waals surface area (Å²) in [4.78, 5) is 4.28. The van der Waals surface area contributed by atoms with Crippen LogP contribution < -0.4 is 5.32 Å². The van der Waals surface area contributed by atoms with E-state index in [1.165, 1.54) is 0 Å². The molecule has 0 saturated heterocycles. The van der Waals surface area contributed by atoms with Crippen molar-refractivity contribution >= 4 is 28.1 Å². The van der Waals surface area contributed by atoms with Crippen molar-refractivity contribution in [2.75, 3.05) is 11.6 Å². The van der Waals surface area contributed by atoms with Crippen molar-refractivity contribution in [3.05, 3.63) is 46.6 Å². The van der Waals surface area contributed by atoms with Crippen LogP contribution in [0.4, 0.5) is 5.69 Å². The van der Waals surface area contributed by atoms with Crippen LogP contribution in [0.15, 0.2) is 28.8 Å². The molecule has 0 aliphatic heterocycles. The van der Waals surface area contributed by atoms with Gasteiger partial charge in [0, 0.05) is 28.2 Å². The summed E-state index contributed by atoms with van der Waals surface area (Å²) in [5.74, 6) is 1.98. The molecule has 0 aliphatic carbocycles. The fraction of sp³-hybridized carbons (Fsp3) is 0.438. The summed E-state index contributed by atoms with van der Waals surface area (Å²) in [5.41, 5.74) is 1.71. The Kier molecular flexibility index (Phi) is 5.29. The smallest absolute Gasteiger partial charge is 0.213 e. The minimum absolute atomic E-state index is 0.0615. The number of halogens is 1. The van der Waals surface area contributed by atoms with Gasteiger partial charge >= 0.3 is 0 Å². The molecule has 4 nitrogen and oxygen atoms in total. The van der Waals surface area contributed by atoms with Gasteiger partial charge in [-0.2, -0.15) is 0 Å². The summed E-state index contributed by atoms with van der Waals surface area (Å²) in [6.45, 7) is 6.69. The number of anilines is 1. The fourth-order valence-corrected chi connectivity index (χ4v) is 2.78. The van der Waals surface area contributed by atoms with Crippen molar-refractivity contribution in [1.82, 2.24) is 4.98 Å². The van der Waals surface area contributed by atoms with Gasteiger partial charge in [-0.05, 0) is 17.7 Å². The Labute approximate surface area is 138 Å². The van der Waals surface area contributed by atoms with Gasteiger partial charge in [-0.25, -0.2) is 4.98 Å². The molecule has 120 valence electrons. The summed E-state index contributed by atoms with van der Waals surface area (Å²) in [6, 6.07) is 5.61. The van der Waals surface area contributed by atoms with Gasteiger partial charge in [0.15, 0.2) is 0 Å². The van der Waals surface area contributed by atoms with E-state index >= 15 is 0 Å². The first-order valence-corrected chi connectivity index (χ1v) is 9.14. The number of oxazole rings is 1. The monoisotopic (exact) mass is 340 g/mol. The minimum Gasteiger partial charge on any atom is -0.443 e. The van der Waals surface area contributed by atoms with Crippen LogP contribution in [-0.2, 0) is 28.5 Å². The molecule has 6 heteroatoms. The molecule has 2 aromatic rings. The lowest BCUT2D eigenvalue weighted by atomic mass is 9.94. The van der Waals surface area contributed by atoms with E-state index in [2.05, 4.69) is 31.1 Å². The molecule has 0 saturated carbocycles. The Balaban J connectivity index is 2.07. The zero-order valence-electron chi connectivity index (χ0n) is 13.3. The van der Waals surface area contributed by atoms with Crippen molar-refractivity contribution in [3.63, 3.8) is 0 Å². The Morgan fingerprint density at radius 2 is 2.09 bits per heavy atom. The van der Waals surface area contributed by atoms with Crippen molar-refractivity contribution in [3.8, 4) is 0 Å². The summed E-state index contributed by atoms with van der Waals surface area (Å²) in [5, 5.41) is 3.84. The second-order valence-corrected chi connectivity index (χ2v) is 8.10. The lowest BCUT2D eigenvalue weighted by Gasteiger charge is -2.13. The predicted molar refractivity (Wildman–Crippen MR) is 91.8 cm³/mol. The number of aromatic nitrogens is 1. The van der Waals surface area contributed by atoms with Gasteiger partial charge in [-0.15, -0.1) is 0 Å². The average molecular weight is 341 g/mol. The fourth-order valence-electron chi connectivity index (χ4n) is 1.94. The van der Waals surface area contributed by atoms with E-state index in [1.807, 2.05) is 18.2 Å². The van der Waals surface area contributed by atoms with E-state index in [-0.39, 0.29) is 5.41 Å². The molecule has 1 atom stereocenters. The maximum Gasteiger partial charge on any atom is 0.213 e. The summed E-state index contributed by atoms with van der Waals surface area (Å²) in [6.07, 6.45) is 3.44. The number of nitrogens with one attached hydrogen (secondary N) is 1. The van der Waals surface area contributed by atoms with Crippen LogP contribution in [0.1, 0.15) is 38.0 Å². The molecule has 0 amide bonds. The Morgan fingerprint density at radius 1 is 1.36 bits per heavy atom. The molecule has 22 heavy (non-hydrogen) atoms. The molecule has 1 aromatic heterocycles. The molecule has 1 N–H and O–H groups in total. The maximum absolute atomic E-state index is 11.3. The van der Waals surface area contributed by atoms with Gasteiger partial charge < -0.3 is 9.73 Å². The topological polar surface area (TPSA) is 55.1 Å². The lowest BCUT2D eigenvalue weighted by Crippen LogP contribution is -2.09. The van der Waals surface area contributed by atoms with Crippen LogP contribution in [0, 0.1) is 0 Å². The third kappa shape index (κ3) is 4.58. The Hall–Kier alpha value is -1.33. The SMILES string of the molecule is CS(=O)Cc1ccc(Cl)c(NCc2ncc(C(C)(C)C)o2)c1. The highest BCUT2D eigenvalue weighted by Crippen LogP contribution is 2.26. The molecule has 2 rings (SSSR count). The summed E-state index contributed by atoms with van der Waals surface area (Å²) >= 11 is 6.19. The van der Waals surface area contributed by atoms with Gasteiger partial charge in [0.05, 0.1) is 23.5 Å². The minimum atomic E-state index is -0.880. The van der Waals surface area contributed by atoms with E-state index in [0.717, 1.165) is 17.0 Å². The van der Waals surface area contributed by atoms with Crippen molar-refractivity contribution in [2.45, 2.75) is 38.5 Å². The first kappa shape index (κ1) is 17.0. The lowest BCUT2D eigenvalue weighted by molar-refractivity contribution is 0.385. The highest BCUT2D eigenvalue weighted by molar-refractivity contribution is 7.83. The average Bonchev–Trinajstić information content (AvgIpc) is 2.87. The van der Waals surface area contributed by atoms with Crippen molar-refractivity contribution < 1.29 is 8.63 Å². The largest absolute Gasteiger partial charge is 0.443 e. The third-order valence-corrected chi connectivity index (χ3v) is 4.19. The highest BCUT2D eigenvalue weighted by atomic mass is 35.5. The van der Waals surface area contributed by atoms with E-state index in [1.54, 1.807) is 12.5 Å². The van der Waals surface area contributed by atoms with E-state index in [9.17, 15) is 4.21 Å². The second kappa shape index (κ2) is 6.84. The Bertz CT molecular complexity index is 677. The van der Waals surface area contributed by atoms with E-state index in [0.29, 0.717) is 23.2 Å². The quantitative estimate of drug-likeness (QED) is 0.889. The van der Waals surface area contributed by atoms with Crippen LogP contribution in [0.5, 0.6) is 0 Å². The second-order valence-electron chi connectivity index (χ2n) is 6.25. The van der Waals surface area contributed by atoms with E-state index in [4.69, 9.17) is 16.0 Å². The number of hydrogen-bond acceptors (Lipinski definition) is 4. The standard InChI is InChI=1S/C16H21ClN2O2S/c1-16(2,3)14-8-19-15(21-14)9-18-13-7-11(10-22(4)20)5-6-12(13)17/h5-8,18H,9-10H2,1-4H3. The zero-order chi connectivity index (χ0) is 16.3. The molecular formula is C16H21ClN2O2S. The summed E-state index contributed by atoms with van der Waals surface area (Å²) < 4.78 is 17.1. The first-order chi connectivity index (χ1) is 10.3. The molecule has 1 aromatic carbocycles. The molecule has 0 fully saturated rings. The normalized spacial score (nSPS) is 13.1. The third-order valence-electron chi connectivity index (χ3n) is 3.12. The molecule has 0 spiro atoms. The van der Waals surface area contributed by atoms with Crippen molar-refractivity contribution in [2.24, 2.45) is 0 Å². The maximum atomic E-state index is 11.3. The molecule has 0 bridgehead atoms. The number of benzene rings is 1. The Morgan fingerprint density at radius 3 is 2.68 bits per heavy atom. The van der Waals surface area contributed by atoms with Gasteiger partial charge in [-0.1, -0.05) is 38.4 Å². The molecule has 1 unspecified atom stereocenters. The molecule has 0 aliphatic rings. The summed E-state index contributed by atoms with van der Waals surface area (Å²) in [7, 11) is -0.880. The van der Waals surface area contributed by atoms with Gasteiger partial charge in [0.1, 0.15) is 5.76 Å². The number of hydrogen-bond donors (Lipinski definition) is 1. The van der Waals surface area contributed by atoms with Crippen LogP contribution >= 0.6 is 11.6 Å².